The second-order valence-corrected chi connectivity index (χ2v) is 7.93. The average Bonchev–Trinajstić information content (AvgIpc) is 3.07. The molecule has 2 aliphatic rings. The minimum atomic E-state index is -1.26. The van der Waals surface area contributed by atoms with Crippen molar-refractivity contribution in [3.63, 3.8) is 0 Å². The molecule has 2 heterocycles. The Labute approximate surface area is 158 Å². The summed E-state index contributed by atoms with van der Waals surface area (Å²) in [5.74, 6) is -0.655. The Morgan fingerprint density at radius 3 is 2.33 bits per heavy atom. The normalized spacial score (nSPS) is 26.2. The number of amides is 1. The number of ether oxygens (including phenoxy) is 1. The third-order valence-corrected chi connectivity index (χ3v) is 5.48. The van der Waals surface area contributed by atoms with E-state index in [0.717, 1.165) is 10.4 Å². The molecule has 0 bridgehead atoms. The van der Waals surface area contributed by atoms with E-state index in [1.54, 1.807) is 18.2 Å². The van der Waals surface area contributed by atoms with Gasteiger partial charge in [0.2, 0.25) is 0 Å². The maximum absolute atomic E-state index is 11.3. The summed E-state index contributed by atoms with van der Waals surface area (Å²) in [5.41, 5.74) is -0.137. The van der Waals surface area contributed by atoms with E-state index in [-0.39, 0.29) is 13.0 Å². The van der Waals surface area contributed by atoms with Crippen LogP contribution in [-0.2, 0) is 14.1 Å². The predicted octanol–water partition coefficient (Wildman–Crippen LogP) is 1.57. The van der Waals surface area contributed by atoms with Crippen molar-refractivity contribution in [2.24, 2.45) is 0 Å². The lowest BCUT2D eigenvalue weighted by molar-refractivity contribution is -0.141. The number of carboxylic acids is 1. The van der Waals surface area contributed by atoms with E-state index in [1.165, 1.54) is 0 Å². The zero-order chi connectivity index (χ0) is 20.0. The molecule has 146 valence electrons. The number of nitrogens with zero attached hydrogens (tertiary/aromatic N) is 1. The first-order valence-electron chi connectivity index (χ1n) is 8.85. The number of carboxylic acid groups (broad SMARTS) is 2. The molecule has 9 heteroatoms. The molecule has 0 unspecified atom stereocenters. The van der Waals surface area contributed by atoms with Gasteiger partial charge in [-0.25, -0.2) is 9.59 Å². The van der Waals surface area contributed by atoms with Crippen LogP contribution in [0.3, 0.4) is 0 Å². The van der Waals surface area contributed by atoms with Gasteiger partial charge >= 0.3 is 19.2 Å². The van der Waals surface area contributed by atoms with Crippen LogP contribution in [0.4, 0.5) is 4.79 Å². The van der Waals surface area contributed by atoms with Gasteiger partial charge in [0.15, 0.2) is 0 Å². The van der Waals surface area contributed by atoms with Crippen LogP contribution in [0.5, 0.6) is 5.75 Å². The van der Waals surface area contributed by atoms with E-state index in [2.05, 4.69) is 0 Å². The van der Waals surface area contributed by atoms with Crippen LogP contribution in [0.25, 0.3) is 0 Å². The van der Waals surface area contributed by atoms with Crippen LogP contribution in [-0.4, -0.2) is 64.2 Å². The fourth-order valence-electron chi connectivity index (χ4n) is 3.23. The smallest absolute Gasteiger partial charge is 0.489 e. The van der Waals surface area contributed by atoms with E-state index in [4.69, 9.17) is 14.0 Å². The molecule has 2 atom stereocenters. The summed E-state index contributed by atoms with van der Waals surface area (Å²) in [6.45, 7) is 7.89. The van der Waals surface area contributed by atoms with Gasteiger partial charge in [0.05, 0.1) is 17.7 Å². The Hall–Kier alpha value is -2.26. The monoisotopic (exact) mass is 377 g/mol. The fraction of sp³-hybridized carbons (Fsp3) is 0.556. The van der Waals surface area contributed by atoms with Gasteiger partial charge < -0.3 is 24.3 Å². The van der Waals surface area contributed by atoms with Crippen molar-refractivity contribution in [1.29, 1.82) is 0 Å². The molecule has 0 aromatic heterocycles. The van der Waals surface area contributed by atoms with Gasteiger partial charge in [0, 0.05) is 6.42 Å². The van der Waals surface area contributed by atoms with Crippen LogP contribution in [0.1, 0.15) is 34.1 Å². The van der Waals surface area contributed by atoms with E-state index >= 15 is 0 Å². The quantitative estimate of drug-likeness (QED) is 0.768. The first kappa shape index (κ1) is 19.5. The maximum Gasteiger partial charge on any atom is 0.494 e. The highest BCUT2D eigenvalue weighted by molar-refractivity contribution is 6.62. The van der Waals surface area contributed by atoms with Gasteiger partial charge in [-0.2, -0.15) is 0 Å². The highest BCUT2D eigenvalue weighted by atomic mass is 16.7. The fourth-order valence-corrected chi connectivity index (χ4v) is 3.23. The Kier molecular flexibility index (Phi) is 4.86. The molecule has 0 aliphatic carbocycles. The number of hydrogen-bond donors (Lipinski definition) is 2. The first-order chi connectivity index (χ1) is 12.5. The summed E-state index contributed by atoms with van der Waals surface area (Å²) in [6, 6.07) is 6.09. The van der Waals surface area contributed by atoms with Gasteiger partial charge in [-0.3, -0.25) is 4.90 Å². The number of carbonyl (C=O) groups is 2. The minimum absolute atomic E-state index is 0.00696. The minimum Gasteiger partial charge on any atom is -0.489 e. The molecule has 2 fully saturated rings. The van der Waals surface area contributed by atoms with Crippen LogP contribution in [0.2, 0.25) is 0 Å². The summed E-state index contributed by atoms with van der Waals surface area (Å²) in [6.07, 6.45) is -1.70. The summed E-state index contributed by atoms with van der Waals surface area (Å²) in [4.78, 5) is 23.4. The SMILES string of the molecule is CC1(C)OB(c2cccc(O[C@H]3C[C@@H](C(=O)O)N(C(=O)O)C3)c2)OC1(C)C. The molecule has 8 nitrogen and oxygen atoms in total. The van der Waals surface area contributed by atoms with Crippen LogP contribution >= 0.6 is 0 Å². The third-order valence-electron chi connectivity index (χ3n) is 5.48. The van der Waals surface area contributed by atoms with Crippen molar-refractivity contribution >= 4 is 24.6 Å². The van der Waals surface area contributed by atoms with Crippen molar-refractivity contribution in [2.45, 2.75) is 57.5 Å². The lowest BCUT2D eigenvalue weighted by Gasteiger charge is -2.32. The van der Waals surface area contributed by atoms with Crippen LogP contribution in [0.15, 0.2) is 24.3 Å². The molecule has 0 spiro atoms. The van der Waals surface area contributed by atoms with E-state index in [0.29, 0.717) is 5.75 Å². The molecule has 0 radical (unpaired) electrons. The number of rotatable bonds is 4. The molecule has 1 aromatic carbocycles. The summed E-state index contributed by atoms with van der Waals surface area (Å²) in [5, 5.41) is 18.4. The van der Waals surface area contributed by atoms with Gasteiger partial charge in [0.1, 0.15) is 17.9 Å². The number of aliphatic carboxylic acids is 1. The van der Waals surface area contributed by atoms with Gasteiger partial charge in [-0.05, 0) is 45.3 Å². The van der Waals surface area contributed by atoms with Crippen molar-refractivity contribution < 1.29 is 33.8 Å². The second kappa shape index (κ2) is 6.72. The molecule has 0 saturated carbocycles. The topological polar surface area (TPSA) is 106 Å². The molecule has 3 rings (SSSR count). The molecule has 1 aromatic rings. The Balaban J connectivity index is 1.72. The lowest BCUT2D eigenvalue weighted by atomic mass is 9.79. The zero-order valence-electron chi connectivity index (χ0n) is 15.8. The average molecular weight is 377 g/mol. The molecule has 2 N–H and O–H groups in total. The highest BCUT2D eigenvalue weighted by Gasteiger charge is 2.51. The molecule has 27 heavy (non-hydrogen) atoms. The van der Waals surface area contributed by atoms with Crippen molar-refractivity contribution in [2.75, 3.05) is 6.54 Å². The van der Waals surface area contributed by atoms with Crippen LogP contribution < -0.4 is 10.2 Å². The molecule has 2 saturated heterocycles. The maximum atomic E-state index is 11.3. The standard InChI is InChI=1S/C18H24BNO7/c1-17(2)18(3,4)27-19(26-17)11-6-5-7-12(8-11)25-13-9-14(15(21)22)20(10-13)16(23)24/h5-8,13-14H,9-10H2,1-4H3,(H,21,22)(H,23,24)/t13-,14-/m0/s1. The Morgan fingerprint density at radius 1 is 1.19 bits per heavy atom. The van der Waals surface area contributed by atoms with E-state index in [1.807, 2.05) is 33.8 Å². The Bertz CT molecular complexity index is 713. The third kappa shape index (κ3) is 3.75. The molecule has 1 amide bonds. The molecule has 2 aliphatic heterocycles. The van der Waals surface area contributed by atoms with Crippen molar-refractivity contribution in [3.05, 3.63) is 24.3 Å². The van der Waals surface area contributed by atoms with Crippen molar-refractivity contribution in [1.82, 2.24) is 4.90 Å². The lowest BCUT2D eigenvalue weighted by Crippen LogP contribution is -2.41. The predicted molar refractivity (Wildman–Crippen MR) is 97.3 cm³/mol. The Morgan fingerprint density at radius 2 is 1.81 bits per heavy atom. The number of hydrogen-bond acceptors (Lipinski definition) is 5. The van der Waals surface area contributed by atoms with Crippen molar-refractivity contribution in [3.8, 4) is 5.75 Å². The van der Waals surface area contributed by atoms with Gasteiger partial charge in [-0.1, -0.05) is 12.1 Å². The van der Waals surface area contributed by atoms with E-state index in [9.17, 15) is 19.8 Å². The largest absolute Gasteiger partial charge is 0.494 e. The van der Waals surface area contributed by atoms with Crippen LogP contribution in [0, 0.1) is 0 Å². The van der Waals surface area contributed by atoms with E-state index < -0.39 is 42.5 Å². The summed E-state index contributed by atoms with van der Waals surface area (Å²) >= 11 is 0. The summed E-state index contributed by atoms with van der Waals surface area (Å²) < 4.78 is 17.9. The first-order valence-corrected chi connectivity index (χ1v) is 8.85. The molecular weight excluding hydrogens is 353 g/mol. The second-order valence-electron chi connectivity index (χ2n) is 7.93. The number of benzene rings is 1. The van der Waals surface area contributed by atoms with Gasteiger partial charge in [0.25, 0.3) is 0 Å². The van der Waals surface area contributed by atoms with Gasteiger partial charge in [-0.15, -0.1) is 0 Å². The number of likely N-dealkylation sites (tertiary alicyclic amines) is 1. The molecular formula is C18H24BNO7. The zero-order valence-corrected chi connectivity index (χ0v) is 15.8. The highest BCUT2D eigenvalue weighted by Crippen LogP contribution is 2.36. The summed E-state index contributed by atoms with van der Waals surface area (Å²) in [7, 11) is -0.538.